The molecule has 0 fully saturated rings. The number of carbonyl (C=O) groups excluding carboxylic acids is 1. The van der Waals surface area contributed by atoms with Gasteiger partial charge in [0, 0.05) is 5.69 Å². The van der Waals surface area contributed by atoms with Crippen LogP contribution in [0, 0.1) is 12.7 Å². The molecule has 0 aromatic heterocycles. The molecule has 1 unspecified atom stereocenters. The normalized spacial score (nSPS) is 12.7. The molecule has 1 amide bonds. The van der Waals surface area contributed by atoms with Gasteiger partial charge in [-0.05, 0) is 54.8 Å². The summed E-state index contributed by atoms with van der Waals surface area (Å²) in [5, 5.41) is 2.25. The van der Waals surface area contributed by atoms with Crippen molar-refractivity contribution in [1.29, 1.82) is 0 Å². The van der Waals surface area contributed by atoms with Crippen LogP contribution in [-0.4, -0.2) is 27.5 Å². The SMILES string of the molecule is COc1ccc(C)cc1S(=O)(=O)NC(Cc1ccccc1)C(=O)Nc1ccc(F)c(C(F)(F)F)c1. The molecule has 0 radical (unpaired) electrons. The third kappa shape index (κ3) is 6.58. The number of methoxy groups -OCH3 is 1. The van der Waals surface area contributed by atoms with Crippen molar-refractivity contribution in [3.05, 3.63) is 89.2 Å². The fourth-order valence-corrected chi connectivity index (χ4v) is 4.78. The van der Waals surface area contributed by atoms with Gasteiger partial charge in [0.05, 0.1) is 12.7 Å². The van der Waals surface area contributed by atoms with Crippen LogP contribution in [-0.2, 0) is 27.4 Å². The Morgan fingerprint density at radius 1 is 1.03 bits per heavy atom. The molecule has 0 bridgehead atoms. The molecule has 1 atom stereocenters. The smallest absolute Gasteiger partial charge is 0.419 e. The molecule has 35 heavy (non-hydrogen) atoms. The summed E-state index contributed by atoms with van der Waals surface area (Å²) in [4.78, 5) is 12.8. The number of ether oxygens (including phenoxy) is 1. The number of hydrogen-bond acceptors (Lipinski definition) is 4. The molecule has 3 aromatic carbocycles. The number of nitrogens with one attached hydrogen (secondary N) is 2. The highest BCUT2D eigenvalue weighted by molar-refractivity contribution is 7.89. The minimum Gasteiger partial charge on any atom is -0.495 e. The molecule has 0 spiro atoms. The maximum Gasteiger partial charge on any atom is 0.419 e. The molecule has 0 saturated carbocycles. The van der Waals surface area contributed by atoms with Gasteiger partial charge in [-0.3, -0.25) is 4.79 Å². The maximum absolute atomic E-state index is 13.6. The Balaban J connectivity index is 1.95. The Bertz CT molecular complexity index is 1310. The van der Waals surface area contributed by atoms with E-state index in [0.717, 1.165) is 6.07 Å². The third-order valence-electron chi connectivity index (χ3n) is 5.04. The second kappa shape index (κ2) is 10.4. The number of hydrogen-bond donors (Lipinski definition) is 2. The number of aryl methyl sites for hydroxylation is 1. The summed E-state index contributed by atoms with van der Waals surface area (Å²) in [6, 6.07) is 13.5. The van der Waals surface area contributed by atoms with E-state index in [1.807, 2.05) is 0 Å². The molecule has 0 heterocycles. The molecule has 186 valence electrons. The first-order valence-corrected chi connectivity index (χ1v) is 11.8. The van der Waals surface area contributed by atoms with E-state index in [0.29, 0.717) is 23.3 Å². The van der Waals surface area contributed by atoms with Gasteiger partial charge in [-0.1, -0.05) is 36.4 Å². The van der Waals surface area contributed by atoms with Gasteiger partial charge >= 0.3 is 6.18 Å². The van der Waals surface area contributed by atoms with E-state index in [4.69, 9.17) is 4.74 Å². The van der Waals surface area contributed by atoms with E-state index >= 15 is 0 Å². The van der Waals surface area contributed by atoms with Gasteiger partial charge in [0.2, 0.25) is 15.9 Å². The Morgan fingerprint density at radius 3 is 2.34 bits per heavy atom. The van der Waals surface area contributed by atoms with Crippen molar-refractivity contribution in [2.45, 2.75) is 30.5 Å². The van der Waals surface area contributed by atoms with Gasteiger partial charge in [-0.25, -0.2) is 12.8 Å². The van der Waals surface area contributed by atoms with Crippen molar-refractivity contribution in [1.82, 2.24) is 4.72 Å². The molecule has 0 aliphatic carbocycles. The van der Waals surface area contributed by atoms with E-state index in [2.05, 4.69) is 10.0 Å². The quantitative estimate of drug-likeness (QED) is 0.431. The average Bonchev–Trinajstić information content (AvgIpc) is 2.79. The number of alkyl halides is 3. The molecule has 0 aliphatic heterocycles. The predicted molar refractivity (Wildman–Crippen MR) is 122 cm³/mol. The largest absolute Gasteiger partial charge is 0.495 e. The van der Waals surface area contributed by atoms with Crippen LogP contribution in [0.2, 0.25) is 0 Å². The number of amides is 1. The summed E-state index contributed by atoms with van der Waals surface area (Å²) in [7, 11) is -3.00. The molecule has 6 nitrogen and oxygen atoms in total. The van der Waals surface area contributed by atoms with Gasteiger partial charge in [-0.15, -0.1) is 0 Å². The maximum atomic E-state index is 13.6. The second-order valence-electron chi connectivity index (χ2n) is 7.70. The number of halogens is 4. The molecule has 0 aliphatic rings. The number of carbonyl (C=O) groups is 1. The first-order chi connectivity index (χ1) is 16.4. The van der Waals surface area contributed by atoms with Gasteiger partial charge in [-0.2, -0.15) is 17.9 Å². The first-order valence-electron chi connectivity index (χ1n) is 10.3. The van der Waals surface area contributed by atoms with E-state index in [-0.39, 0.29) is 22.8 Å². The highest BCUT2D eigenvalue weighted by atomic mass is 32.2. The lowest BCUT2D eigenvalue weighted by Crippen LogP contribution is -2.45. The number of anilines is 1. The van der Waals surface area contributed by atoms with Gasteiger partial charge in [0.25, 0.3) is 0 Å². The third-order valence-corrected chi connectivity index (χ3v) is 6.54. The van der Waals surface area contributed by atoms with Crippen LogP contribution in [0.3, 0.4) is 0 Å². The zero-order valence-corrected chi connectivity index (χ0v) is 19.5. The van der Waals surface area contributed by atoms with E-state index in [1.165, 1.54) is 19.2 Å². The molecule has 11 heteroatoms. The van der Waals surface area contributed by atoms with Crippen LogP contribution in [0.15, 0.2) is 71.6 Å². The Morgan fingerprint density at radius 2 is 1.71 bits per heavy atom. The monoisotopic (exact) mass is 510 g/mol. The van der Waals surface area contributed by atoms with Crippen LogP contribution in [0.5, 0.6) is 5.75 Å². The predicted octanol–water partition coefficient (Wildman–Crippen LogP) is 4.69. The summed E-state index contributed by atoms with van der Waals surface area (Å²) >= 11 is 0. The van der Waals surface area contributed by atoms with Crippen LogP contribution in [0.4, 0.5) is 23.2 Å². The van der Waals surface area contributed by atoms with Crippen molar-refractivity contribution < 1.29 is 35.5 Å². The van der Waals surface area contributed by atoms with Crippen molar-refractivity contribution in [2.24, 2.45) is 0 Å². The average molecular weight is 511 g/mol. The molecule has 3 aromatic rings. The van der Waals surface area contributed by atoms with Crippen molar-refractivity contribution >= 4 is 21.6 Å². The fourth-order valence-electron chi connectivity index (χ4n) is 3.33. The standard InChI is InChI=1S/C24H22F4N2O4S/c1-15-8-11-21(34-2)22(12-15)35(32,33)30-20(13-16-6-4-3-5-7-16)23(31)29-17-9-10-19(25)18(14-17)24(26,27)28/h3-12,14,20,30H,13H2,1-2H3,(H,29,31). The molecule has 2 N–H and O–H groups in total. The Hall–Kier alpha value is -3.44. The Kier molecular flexibility index (Phi) is 7.81. The summed E-state index contributed by atoms with van der Waals surface area (Å²) in [5.74, 6) is -2.37. The fraction of sp³-hybridized carbons (Fsp3) is 0.208. The van der Waals surface area contributed by atoms with Crippen LogP contribution < -0.4 is 14.8 Å². The minimum atomic E-state index is -4.97. The summed E-state index contributed by atoms with van der Waals surface area (Å²) in [6.45, 7) is 1.68. The zero-order valence-electron chi connectivity index (χ0n) is 18.7. The van der Waals surface area contributed by atoms with Crippen LogP contribution in [0.25, 0.3) is 0 Å². The second-order valence-corrected chi connectivity index (χ2v) is 9.38. The highest BCUT2D eigenvalue weighted by Crippen LogP contribution is 2.33. The van der Waals surface area contributed by atoms with E-state index in [9.17, 15) is 30.8 Å². The molecule has 3 rings (SSSR count). The Labute approximate surface area is 200 Å². The number of rotatable bonds is 8. The van der Waals surface area contributed by atoms with Gasteiger partial charge < -0.3 is 10.1 Å². The summed E-state index contributed by atoms with van der Waals surface area (Å²) < 4.78 is 86.7. The summed E-state index contributed by atoms with van der Waals surface area (Å²) in [5.41, 5.74) is -0.669. The first kappa shape index (κ1) is 26.2. The van der Waals surface area contributed by atoms with Crippen LogP contribution in [0.1, 0.15) is 16.7 Å². The van der Waals surface area contributed by atoms with Crippen LogP contribution >= 0.6 is 0 Å². The van der Waals surface area contributed by atoms with Crippen molar-refractivity contribution in [3.63, 3.8) is 0 Å². The van der Waals surface area contributed by atoms with E-state index < -0.39 is 39.5 Å². The lowest BCUT2D eigenvalue weighted by atomic mass is 10.1. The highest BCUT2D eigenvalue weighted by Gasteiger charge is 2.35. The molecule has 0 saturated heterocycles. The van der Waals surface area contributed by atoms with Crippen molar-refractivity contribution in [3.8, 4) is 5.75 Å². The topological polar surface area (TPSA) is 84.5 Å². The number of sulfonamides is 1. The van der Waals surface area contributed by atoms with Gasteiger partial charge in [0.15, 0.2) is 0 Å². The lowest BCUT2D eigenvalue weighted by molar-refractivity contribution is -0.140. The lowest BCUT2D eigenvalue weighted by Gasteiger charge is -2.20. The molecular weight excluding hydrogens is 488 g/mol. The number of benzene rings is 3. The minimum absolute atomic E-state index is 0.0512. The van der Waals surface area contributed by atoms with E-state index in [1.54, 1.807) is 43.3 Å². The van der Waals surface area contributed by atoms with Crippen molar-refractivity contribution in [2.75, 3.05) is 12.4 Å². The zero-order chi connectivity index (χ0) is 25.8. The summed E-state index contributed by atoms with van der Waals surface area (Å²) in [6.07, 6.45) is -5.08. The molecular formula is C24H22F4N2O4S. The van der Waals surface area contributed by atoms with Gasteiger partial charge in [0.1, 0.15) is 22.5 Å².